The largest absolute Gasteiger partial charge is 0.483 e. The number of amides is 1. The maximum absolute atomic E-state index is 12.4. The van der Waals surface area contributed by atoms with Crippen LogP contribution >= 0.6 is 0 Å². The average Bonchev–Trinajstić information content (AvgIpc) is 2.56. The van der Waals surface area contributed by atoms with E-state index in [0.717, 1.165) is 23.3 Å². The molecule has 0 saturated carbocycles. The van der Waals surface area contributed by atoms with Gasteiger partial charge in [-0.1, -0.05) is 12.1 Å². The number of rotatable bonds is 6. The summed E-state index contributed by atoms with van der Waals surface area (Å²) in [6.07, 6.45) is 0.854. The van der Waals surface area contributed by atoms with E-state index in [9.17, 15) is 4.79 Å². The van der Waals surface area contributed by atoms with Gasteiger partial charge in [0.25, 0.3) is 5.91 Å². The van der Waals surface area contributed by atoms with E-state index in [0.29, 0.717) is 26.3 Å². The van der Waals surface area contributed by atoms with Gasteiger partial charge in [0.2, 0.25) is 0 Å². The van der Waals surface area contributed by atoms with Crippen LogP contribution in [0.1, 0.15) is 23.1 Å². The van der Waals surface area contributed by atoms with Gasteiger partial charge in [0, 0.05) is 26.8 Å². The number of aryl methyl sites for hydroxylation is 2. The van der Waals surface area contributed by atoms with Crippen LogP contribution in [0.15, 0.2) is 12.1 Å². The molecule has 0 unspecified atom stereocenters. The highest BCUT2D eigenvalue weighted by atomic mass is 16.5. The van der Waals surface area contributed by atoms with Gasteiger partial charge in [0.05, 0.1) is 12.7 Å². The highest BCUT2D eigenvalue weighted by Gasteiger charge is 2.24. The van der Waals surface area contributed by atoms with Crippen molar-refractivity contribution in [1.82, 2.24) is 4.90 Å². The molecule has 0 spiro atoms. The van der Waals surface area contributed by atoms with Gasteiger partial charge in [-0.05, 0) is 43.9 Å². The van der Waals surface area contributed by atoms with Crippen LogP contribution in [0.2, 0.25) is 0 Å². The van der Waals surface area contributed by atoms with Crippen molar-refractivity contribution in [2.24, 2.45) is 0 Å². The molecule has 5 nitrogen and oxygen atoms in total. The second-order valence-corrected chi connectivity index (χ2v) is 6.06. The molecule has 1 saturated heterocycles. The Morgan fingerprint density at radius 2 is 2.04 bits per heavy atom. The van der Waals surface area contributed by atoms with E-state index in [1.807, 2.05) is 31.7 Å². The number of nitrogens with zero attached hydrogens (tertiary/aromatic N) is 1. The fourth-order valence-corrected chi connectivity index (χ4v) is 2.74. The molecule has 1 amide bonds. The molecule has 1 aliphatic heterocycles. The summed E-state index contributed by atoms with van der Waals surface area (Å²) >= 11 is 0. The van der Waals surface area contributed by atoms with Crippen LogP contribution in [-0.2, 0) is 14.3 Å². The first-order chi connectivity index (χ1) is 11.0. The van der Waals surface area contributed by atoms with Gasteiger partial charge in [-0.25, -0.2) is 0 Å². The zero-order valence-electron chi connectivity index (χ0n) is 14.6. The van der Waals surface area contributed by atoms with Crippen LogP contribution in [0, 0.1) is 20.8 Å². The topological polar surface area (TPSA) is 48.0 Å². The van der Waals surface area contributed by atoms with Gasteiger partial charge in [0.1, 0.15) is 5.75 Å². The van der Waals surface area contributed by atoms with Crippen molar-refractivity contribution in [1.29, 1.82) is 0 Å². The Labute approximate surface area is 138 Å². The van der Waals surface area contributed by atoms with E-state index in [1.54, 1.807) is 7.11 Å². The predicted octanol–water partition coefficient (Wildman–Crippen LogP) is 2.25. The minimum Gasteiger partial charge on any atom is -0.483 e. The third kappa shape index (κ3) is 4.69. The molecule has 1 atom stereocenters. The summed E-state index contributed by atoms with van der Waals surface area (Å²) in [5.74, 6) is 0.832. The van der Waals surface area contributed by atoms with E-state index >= 15 is 0 Å². The minimum atomic E-state index is 0.0102. The molecule has 1 fully saturated rings. The molecule has 128 valence electrons. The summed E-state index contributed by atoms with van der Waals surface area (Å²) in [5.41, 5.74) is 3.32. The Morgan fingerprint density at radius 1 is 1.30 bits per heavy atom. The van der Waals surface area contributed by atoms with Crippen LogP contribution in [0.4, 0.5) is 0 Å². The molecule has 1 heterocycles. The van der Waals surface area contributed by atoms with Crippen LogP contribution in [0.25, 0.3) is 0 Å². The molecule has 23 heavy (non-hydrogen) atoms. The number of hydrogen-bond donors (Lipinski definition) is 0. The van der Waals surface area contributed by atoms with Crippen molar-refractivity contribution in [3.63, 3.8) is 0 Å². The van der Waals surface area contributed by atoms with Crippen LogP contribution in [0.3, 0.4) is 0 Å². The molecule has 0 aliphatic carbocycles. The van der Waals surface area contributed by atoms with Crippen LogP contribution in [-0.4, -0.2) is 56.9 Å². The van der Waals surface area contributed by atoms with Crippen molar-refractivity contribution in [3.8, 4) is 5.75 Å². The van der Waals surface area contributed by atoms with Crippen molar-refractivity contribution in [2.75, 3.05) is 40.0 Å². The standard InChI is InChI=1S/C18H27NO4/c1-13-5-6-14(2)18(15(13)3)23-12-17(20)19-8-10-22-16(11-19)7-9-21-4/h5-6,16H,7-12H2,1-4H3/t16-/m1/s1. The quantitative estimate of drug-likeness (QED) is 0.806. The average molecular weight is 321 g/mol. The second kappa shape index (κ2) is 8.31. The number of morpholine rings is 1. The van der Waals surface area contributed by atoms with Gasteiger partial charge >= 0.3 is 0 Å². The van der Waals surface area contributed by atoms with Gasteiger partial charge in [-0.3, -0.25) is 4.79 Å². The fraction of sp³-hybridized carbons (Fsp3) is 0.611. The minimum absolute atomic E-state index is 0.0102. The molecule has 0 bridgehead atoms. The molecule has 1 aromatic carbocycles. The molecule has 1 aromatic rings. The molecule has 0 N–H and O–H groups in total. The third-order valence-electron chi connectivity index (χ3n) is 4.35. The third-order valence-corrected chi connectivity index (χ3v) is 4.35. The molecule has 5 heteroatoms. The monoisotopic (exact) mass is 321 g/mol. The van der Waals surface area contributed by atoms with Gasteiger partial charge in [-0.15, -0.1) is 0 Å². The Hall–Kier alpha value is -1.59. The highest BCUT2D eigenvalue weighted by Crippen LogP contribution is 2.25. The zero-order valence-corrected chi connectivity index (χ0v) is 14.6. The maximum atomic E-state index is 12.4. The van der Waals surface area contributed by atoms with Gasteiger partial charge in [0.15, 0.2) is 6.61 Å². The van der Waals surface area contributed by atoms with E-state index in [1.165, 1.54) is 5.56 Å². The summed E-state index contributed by atoms with van der Waals surface area (Å²) in [6.45, 7) is 8.59. The Morgan fingerprint density at radius 3 is 2.78 bits per heavy atom. The number of carbonyl (C=O) groups is 1. The summed E-state index contributed by atoms with van der Waals surface area (Å²) in [5, 5.41) is 0. The first-order valence-corrected chi connectivity index (χ1v) is 8.11. The summed E-state index contributed by atoms with van der Waals surface area (Å²) in [4.78, 5) is 14.2. The van der Waals surface area contributed by atoms with E-state index in [2.05, 4.69) is 6.07 Å². The van der Waals surface area contributed by atoms with Crippen LogP contribution < -0.4 is 4.74 Å². The second-order valence-electron chi connectivity index (χ2n) is 6.06. The normalized spacial score (nSPS) is 18.1. The number of hydrogen-bond acceptors (Lipinski definition) is 4. The van der Waals surface area contributed by atoms with Gasteiger partial charge in [-0.2, -0.15) is 0 Å². The molecular formula is C18H27NO4. The number of methoxy groups -OCH3 is 1. The predicted molar refractivity (Wildman–Crippen MR) is 89.0 cm³/mol. The zero-order chi connectivity index (χ0) is 16.8. The molecular weight excluding hydrogens is 294 g/mol. The Bertz CT molecular complexity index is 544. The van der Waals surface area contributed by atoms with Gasteiger partial charge < -0.3 is 19.1 Å². The Kier molecular flexibility index (Phi) is 6.42. The summed E-state index contributed by atoms with van der Waals surface area (Å²) in [7, 11) is 1.67. The first kappa shape index (κ1) is 17.8. The smallest absolute Gasteiger partial charge is 0.260 e. The van der Waals surface area contributed by atoms with E-state index < -0.39 is 0 Å². The Balaban J connectivity index is 1.91. The SMILES string of the molecule is COCC[C@@H]1CN(C(=O)COc2c(C)ccc(C)c2C)CCO1. The van der Waals surface area contributed by atoms with E-state index in [-0.39, 0.29) is 18.6 Å². The number of benzene rings is 1. The van der Waals surface area contributed by atoms with Crippen molar-refractivity contribution < 1.29 is 19.0 Å². The highest BCUT2D eigenvalue weighted by molar-refractivity contribution is 5.78. The lowest BCUT2D eigenvalue weighted by molar-refractivity contribution is -0.141. The van der Waals surface area contributed by atoms with Crippen molar-refractivity contribution in [2.45, 2.75) is 33.3 Å². The maximum Gasteiger partial charge on any atom is 0.260 e. The van der Waals surface area contributed by atoms with Crippen LogP contribution in [0.5, 0.6) is 5.75 Å². The number of ether oxygens (including phenoxy) is 3. The summed E-state index contributed by atoms with van der Waals surface area (Å²) < 4.78 is 16.6. The summed E-state index contributed by atoms with van der Waals surface area (Å²) in [6, 6.07) is 4.10. The molecule has 2 rings (SSSR count). The lowest BCUT2D eigenvalue weighted by Crippen LogP contribution is -2.47. The van der Waals surface area contributed by atoms with Crippen molar-refractivity contribution >= 4 is 5.91 Å². The number of carbonyl (C=O) groups excluding carboxylic acids is 1. The molecule has 0 radical (unpaired) electrons. The first-order valence-electron chi connectivity index (χ1n) is 8.11. The fourth-order valence-electron chi connectivity index (χ4n) is 2.74. The molecule has 0 aromatic heterocycles. The van der Waals surface area contributed by atoms with E-state index in [4.69, 9.17) is 14.2 Å². The lowest BCUT2D eigenvalue weighted by Gasteiger charge is -2.33. The molecule has 1 aliphatic rings. The van der Waals surface area contributed by atoms with Crippen molar-refractivity contribution in [3.05, 3.63) is 28.8 Å². The lowest BCUT2D eigenvalue weighted by atomic mass is 10.1.